The number of nitrogens with zero attached hydrogens (tertiary/aromatic N) is 3. The third-order valence-electron chi connectivity index (χ3n) is 4.49. The lowest BCUT2D eigenvalue weighted by Gasteiger charge is -2.35. The Bertz CT molecular complexity index is 394. The van der Waals surface area contributed by atoms with Gasteiger partial charge in [-0.2, -0.15) is 5.10 Å². The fraction of sp³-hybridized carbons (Fsp3) is 0.867. The van der Waals surface area contributed by atoms with Crippen LogP contribution in [0, 0.1) is 11.3 Å². The maximum atomic E-state index is 10.8. The standard InChI is InChI=1S/C15H27N3O/c1-4-18-14(16-11-17-18)9-13(19)15(10-12(2)3)7-5-6-8-15/h11-13,19H,4-10H2,1-3H3. The van der Waals surface area contributed by atoms with Crippen LogP contribution in [0.3, 0.4) is 0 Å². The number of aliphatic hydroxyl groups excluding tert-OH is 1. The van der Waals surface area contributed by atoms with Crippen LogP contribution in [0.4, 0.5) is 0 Å². The second kappa shape index (κ2) is 6.04. The van der Waals surface area contributed by atoms with Crippen LogP contribution < -0.4 is 0 Å². The van der Waals surface area contributed by atoms with Gasteiger partial charge in [-0.1, -0.05) is 26.7 Å². The fourth-order valence-corrected chi connectivity index (χ4v) is 3.67. The van der Waals surface area contributed by atoms with Crippen molar-refractivity contribution in [3.8, 4) is 0 Å². The lowest BCUT2D eigenvalue weighted by molar-refractivity contribution is 0.0114. The van der Waals surface area contributed by atoms with Crippen molar-refractivity contribution in [3.05, 3.63) is 12.2 Å². The third-order valence-corrected chi connectivity index (χ3v) is 4.49. The lowest BCUT2D eigenvalue weighted by atomic mass is 9.73. The van der Waals surface area contributed by atoms with Crippen LogP contribution in [0.15, 0.2) is 6.33 Å². The van der Waals surface area contributed by atoms with Gasteiger partial charge in [0.1, 0.15) is 12.2 Å². The predicted molar refractivity (Wildman–Crippen MR) is 75.8 cm³/mol. The van der Waals surface area contributed by atoms with E-state index in [0.717, 1.165) is 31.6 Å². The molecule has 0 saturated heterocycles. The zero-order valence-electron chi connectivity index (χ0n) is 12.5. The third kappa shape index (κ3) is 3.16. The number of rotatable bonds is 6. The highest BCUT2D eigenvalue weighted by atomic mass is 16.3. The van der Waals surface area contributed by atoms with Crippen molar-refractivity contribution in [2.45, 2.75) is 71.9 Å². The normalized spacial score (nSPS) is 20.1. The summed E-state index contributed by atoms with van der Waals surface area (Å²) in [5.41, 5.74) is 0.110. The van der Waals surface area contributed by atoms with E-state index in [4.69, 9.17) is 0 Å². The van der Waals surface area contributed by atoms with Crippen LogP contribution in [0.2, 0.25) is 0 Å². The quantitative estimate of drug-likeness (QED) is 0.860. The average Bonchev–Trinajstić information content (AvgIpc) is 2.98. The summed E-state index contributed by atoms with van der Waals surface area (Å²) in [5.74, 6) is 1.56. The molecule has 2 rings (SSSR count). The van der Waals surface area contributed by atoms with E-state index >= 15 is 0 Å². The van der Waals surface area contributed by atoms with Crippen LogP contribution in [-0.4, -0.2) is 26.0 Å². The highest BCUT2D eigenvalue weighted by molar-refractivity contribution is 4.97. The highest BCUT2D eigenvalue weighted by Gasteiger charge is 2.41. The highest BCUT2D eigenvalue weighted by Crippen LogP contribution is 2.46. The summed E-state index contributed by atoms with van der Waals surface area (Å²) >= 11 is 0. The molecule has 4 nitrogen and oxygen atoms in total. The minimum absolute atomic E-state index is 0.110. The van der Waals surface area contributed by atoms with E-state index in [1.54, 1.807) is 6.33 Å². The molecule has 1 aliphatic rings. The van der Waals surface area contributed by atoms with Crippen LogP contribution >= 0.6 is 0 Å². The molecule has 0 spiro atoms. The van der Waals surface area contributed by atoms with Gasteiger partial charge in [0, 0.05) is 13.0 Å². The second-order valence-corrected chi connectivity index (χ2v) is 6.38. The molecule has 1 unspecified atom stereocenters. The summed E-state index contributed by atoms with van der Waals surface area (Å²) in [6.45, 7) is 7.38. The fourth-order valence-electron chi connectivity index (χ4n) is 3.67. The Morgan fingerprint density at radius 1 is 1.37 bits per heavy atom. The maximum Gasteiger partial charge on any atom is 0.138 e. The van der Waals surface area contributed by atoms with Gasteiger partial charge < -0.3 is 5.11 Å². The van der Waals surface area contributed by atoms with Crippen molar-refractivity contribution in [1.82, 2.24) is 14.8 Å². The first-order valence-electron chi connectivity index (χ1n) is 7.62. The van der Waals surface area contributed by atoms with Gasteiger partial charge in [-0.25, -0.2) is 4.98 Å². The molecule has 0 aliphatic heterocycles. The van der Waals surface area contributed by atoms with Gasteiger partial charge in [-0.3, -0.25) is 4.68 Å². The van der Waals surface area contributed by atoms with Crippen molar-refractivity contribution in [2.24, 2.45) is 11.3 Å². The van der Waals surface area contributed by atoms with Gasteiger partial charge in [0.2, 0.25) is 0 Å². The van der Waals surface area contributed by atoms with Crippen molar-refractivity contribution in [1.29, 1.82) is 0 Å². The van der Waals surface area contributed by atoms with Gasteiger partial charge >= 0.3 is 0 Å². The molecule has 0 radical (unpaired) electrons. The molecule has 108 valence electrons. The van der Waals surface area contributed by atoms with E-state index in [0.29, 0.717) is 12.3 Å². The largest absolute Gasteiger partial charge is 0.392 e. The average molecular weight is 265 g/mol. The van der Waals surface area contributed by atoms with E-state index in [2.05, 4.69) is 30.9 Å². The Labute approximate surface area is 116 Å². The number of hydrogen-bond acceptors (Lipinski definition) is 3. The Balaban J connectivity index is 2.09. The Kier molecular flexibility index (Phi) is 4.61. The summed E-state index contributed by atoms with van der Waals surface area (Å²) in [7, 11) is 0. The van der Waals surface area contributed by atoms with Crippen LogP contribution in [-0.2, 0) is 13.0 Å². The Hall–Kier alpha value is -0.900. The minimum Gasteiger partial charge on any atom is -0.392 e. The molecular weight excluding hydrogens is 238 g/mol. The smallest absolute Gasteiger partial charge is 0.138 e. The molecule has 4 heteroatoms. The minimum atomic E-state index is -0.285. The summed E-state index contributed by atoms with van der Waals surface area (Å²) in [4.78, 5) is 4.30. The van der Waals surface area contributed by atoms with Crippen molar-refractivity contribution in [3.63, 3.8) is 0 Å². The van der Waals surface area contributed by atoms with Gasteiger partial charge in [-0.05, 0) is 37.5 Å². The molecule has 1 aromatic heterocycles. The monoisotopic (exact) mass is 265 g/mol. The molecule has 1 N–H and O–H groups in total. The molecule has 0 amide bonds. The molecule has 1 saturated carbocycles. The number of hydrogen-bond donors (Lipinski definition) is 1. The first kappa shape index (κ1) is 14.5. The molecule has 1 aromatic rings. The van der Waals surface area contributed by atoms with Gasteiger partial charge in [-0.15, -0.1) is 0 Å². The van der Waals surface area contributed by atoms with E-state index in [1.165, 1.54) is 12.8 Å². The summed E-state index contributed by atoms with van der Waals surface area (Å²) < 4.78 is 1.89. The molecule has 1 heterocycles. The number of aromatic nitrogens is 3. The van der Waals surface area contributed by atoms with E-state index < -0.39 is 0 Å². The van der Waals surface area contributed by atoms with Crippen LogP contribution in [0.5, 0.6) is 0 Å². The topological polar surface area (TPSA) is 50.9 Å². The molecule has 0 bridgehead atoms. The van der Waals surface area contributed by atoms with Crippen molar-refractivity contribution in [2.75, 3.05) is 0 Å². The van der Waals surface area contributed by atoms with Gasteiger partial charge in [0.15, 0.2) is 0 Å². The lowest BCUT2D eigenvalue weighted by Crippen LogP contribution is -2.36. The van der Waals surface area contributed by atoms with Crippen molar-refractivity contribution < 1.29 is 5.11 Å². The van der Waals surface area contributed by atoms with Gasteiger partial charge in [0.25, 0.3) is 0 Å². The molecule has 1 aliphatic carbocycles. The zero-order valence-corrected chi connectivity index (χ0v) is 12.5. The first-order valence-corrected chi connectivity index (χ1v) is 7.62. The summed E-state index contributed by atoms with van der Waals surface area (Å²) in [5, 5.41) is 15.0. The molecule has 0 aromatic carbocycles. The van der Waals surface area contributed by atoms with Crippen LogP contribution in [0.25, 0.3) is 0 Å². The maximum absolute atomic E-state index is 10.8. The van der Waals surface area contributed by atoms with Crippen molar-refractivity contribution >= 4 is 0 Å². The van der Waals surface area contributed by atoms with E-state index in [1.807, 2.05) is 4.68 Å². The Morgan fingerprint density at radius 3 is 2.63 bits per heavy atom. The van der Waals surface area contributed by atoms with Crippen LogP contribution in [0.1, 0.15) is 58.7 Å². The number of aryl methyl sites for hydroxylation is 1. The summed E-state index contributed by atoms with van der Waals surface area (Å²) in [6.07, 6.45) is 7.89. The van der Waals surface area contributed by atoms with E-state index in [9.17, 15) is 5.11 Å². The van der Waals surface area contributed by atoms with E-state index in [-0.39, 0.29) is 11.5 Å². The predicted octanol–water partition coefficient (Wildman–Crippen LogP) is 2.81. The molecule has 19 heavy (non-hydrogen) atoms. The Morgan fingerprint density at radius 2 is 2.05 bits per heavy atom. The second-order valence-electron chi connectivity index (χ2n) is 6.38. The summed E-state index contributed by atoms with van der Waals surface area (Å²) in [6, 6.07) is 0. The molecule has 1 atom stereocenters. The first-order chi connectivity index (χ1) is 9.07. The molecule has 1 fully saturated rings. The molecular formula is C15H27N3O. The number of aliphatic hydroxyl groups is 1. The SMILES string of the molecule is CCn1ncnc1CC(O)C1(CC(C)C)CCCC1. The zero-order chi connectivity index (χ0) is 13.9. The van der Waals surface area contributed by atoms with Gasteiger partial charge in [0.05, 0.1) is 6.10 Å².